The molecule has 312 valence electrons. The number of esters is 2. The van der Waals surface area contributed by atoms with Crippen molar-refractivity contribution in [3.05, 3.63) is 132 Å². The highest BCUT2D eigenvalue weighted by molar-refractivity contribution is 7.95. The van der Waals surface area contributed by atoms with Crippen LogP contribution < -0.4 is 34.9 Å². The quantitative estimate of drug-likeness (QED) is 0.0379. The van der Waals surface area contributed by atoms with E-state index in [1.807, 2.05) is 6.07 Å². The first-order chi connectivity index (χ1) is 29.5. The van der Waals surface area contributed by atoms with Crippen LogP contribution in [0.5, 0.6) is 23.0 Å². The second-order valence-electron chi connectivity index (χ2n) is 14.2. The summed E-state index contributed by atoms with van der Waals surface area (Å²) >= 11 is 1.21. The molecule has 1 aromatic heterocycles. The van der Waals surface area contributed by atoms with E-state index in [4.69, 9.17) is 18.9 Å². The number of rotatable bonds is 17. The van der Waals surface area contributed by atoms with Gasteiger partial charge < -0.3 is 28.7 Å². The number of benzene rings is 5. The van der Waals surface area contributed by atoms with Crippen LogP contribution in [0.2, 0.25) is 0 Å². The minimum atomic E-state index is -1.97. The van der Waals surface area contributed by atoms with Gasteiger partial charge in [0.15, 0.2) is 16.5 Å². The number of likely N-dealkylation sites (N-methyl/N-ethyl adjacent to an activating group) is 1. The van der Waals surface area contributed by atoms with E-state index in [1.54, 1.807) is 23.1 Å². The number of ether oxygens (including phenoxy) is 4. The average Bonchev–Trinajstić information content (AvgIpc) is 3.68. The predicted octanol–water partition coefficient (Wildman–Crippen LogP) is 8.50. The number of hydrogen-bond acceptors (Lipinski definition) is 11. The minimum Gasteiger partial charge on any atom is -0.423 e. The predicted molar refractivity (Wildman–Crippen MR) is 238 cm³/mol. The Labute approximate surface area is 359 Å². The van der Waals surface area contributed by atoms with E-state index in [9.17, 15) is 24.4 Å². The number of unbranched alkanes of at least 4 members (excludes halogenated alkanes) is 3. The van der Waals surface area contributed by atoms with E-state index < -0.39 is 31.4 Å². The monoisotopic (exact) mass is 857 g/mol. The molecule has 0 saturated heterocycles. The summed E-state index contributed by atoms with van der Waals surface area (Å²) < 4.78 is 22.4. The summed E-state index contributed by atoms with van der Waals surface area (Å²) in [6, 6.07) is 43.5. The smallest absolute Gasteiger partial charge is 0.415 e. The molecule has 0 unspecified atom stereocenters. The highest BCUT2D eigenvalue weighted by Gasteiger charge is 2.44. The van der Waals surface area contributed by atoms with Crippen molar-refractivity contribution in [1.82, 2.24) is 14.8 Å². The Bertz CT molecular complexity index is 2400. The summed E-state index contributed by atoms with van der Waals surface area (Å²) in [5, 5.41) is 13.6. The number of amides is 2. The van der Waals surface area contributed by atoms with Crippen molar-refractivity contribution in [2.45, 2.75) is 39.5 Å². The zero-order chi connectivity index (χ0) is 43.2. The highest BCUT2D eigenvalue weighted by Crippen LogP contribution is 2.56. The van der Waals surface area contributed by atoms with E-state index in [0.29, 0.717) is 33.9 Å². The Balaban J connectivity index is 1.12. The van der Waals surface area contributed by atoms with Crippen molar-refractivity contribution in [3.8, 4) is 29.1 Å². The number of carbonyl (C=O) groups excluding carboxylic acids is 4. The van der Waals surface area contributed by atoms with Crippen molar-refractivity contribution in [2.24, 2.45) is 0 Å². The van der Waals surface area contributed by atoms with Crippen LogP contribution in [0.3, 0.4) is 0 Å². The fourth-order valence-electron chi connectivity index (χ4n) is 6.93. The summed E-state index contributed by atoms with van der Waals surface area (Å²) in [6.45, 7) is 3.02. The maximum absolute atomic E-state index is 13.8. The zero-order valence-corrected chi connectivity index (χ0v) is 35.9. The Morgan fingerprint density at radius 1 is 0.623 bits per heavy atom. The summed E-state index contributed by atoms with van der Waals surface area (Å²) in [4.78, 5) is 57.3. The van der Waals surface area contributed by atoms with Crippen LogP contribution >= 0.6 is 18.6 Å². The normalized spacial score (nSPS) is 11.0. The maximum atomic E-state index is 13.8. The van der Waals surface area contributed by atoms with Crippen LogP contribution in [0.4, 0.5) is 9.59 Å². The molecule has 0 fully saturated rings. The first-order valence-corrected chi connectivity index (χ1v) is 22.6. The van der Waals surface area contributed by atoms with Gasteiger partial charge in [0.05, 0.1) is 16.4 Å². The van der Waals surface area contributed by atoms with Gasteiger partial charge in [0.25, 0.3) is 0 Å². The molecule has 2 amide bonds. The van der Waals surface area contributed by atoms with Gasteiger partial charge in [-0.05, 0) is 79.9 Å². The van der Waals surface area contributed by atoms with Gasteiger partial charge in [-0.2, -0.15) is 5.26 Å². The summed E-state index contributed by atoms with van der Waals surface area (Å²) in [6.07, 6.45) is 3.16. The molecule has 0 radical (unpaired) electrons. The maximum Gasteiger partial charge on any atom is 0.415 e. The number of hydrogen-bond donors (Lipinski definition) is 0. The van der Waals surface area contributed by atoms with Gasteiger partial charge in [0.1, 0.15) is 40.7 Å². The van der Waals surface area contributed by atoms with Crippen molar-refractivity contribution in [1.29, 1.82) is 5.26 Å². The molecule has 6 aromatic rings. The third-order valence-corrected chi connectivity index (χ3v) is 15.3. The molecule has 61 heavy (non-hydrogen) atoms. The van der Waals surface area contributed by atoms with Crippen LogP contribution in [0.1, 0.15) is 44.5 Å². The van der Waals surface area contributed by atoms with E-state index in [1.165, 1.54) is 71.2 Å². The van der Waals surface area contributed by atoms with Crippen molar-refractivity contribution >= 4 is 68.9 Å². The molecule has 6 rings (SSSR count). The van der Waals surface area contributed by atoms with Gasteiger partial charge in [-0.3, -0.25) is 9.59 Å². The van der Waals surface area contributed by atoms with Gasteiger partial charge >= 0.3 is 24.1 Å². The molecule has 0 spiro atoms. The van der Waals surface area contributed by atoms with Gasteiger partial charge in [0.2, 0.25) is 0 Å². The fraction of sp³-hybridized carbons (Fsp3) is 0.234. The van der Waals surface area contributed by atoms with E-state index in [0.717, 1.165) is 25.4 Å². The number of aromatic nitrogens is 1. The van der Waals surface area contributed by atoms with Crippen LogP contribution in [-0.2, 0) is 9.59 Å². The third kappa shape index (κ3) is 11.6. The zero-order valence-electron chi connectivity index (χ0n) is 34.2. The van der Waals surface area contributed by atoms with Gasteiger partial charge in [0, 0.05) is 52.7 Å². The highest BCUT2D eigenvalue weighted by atomic mass is 32.1. The number of nitriles is 1. The molecular weight excluding hydrogens is 812 g/mol. The largest absolute Gasteiger partial charge is 0.423 e. The molecule has 14 heteroatoms. The Hall–Kier alpha value is -6.61. The second-order valence-corrected chi connectivity index (χ2v) is 18.8. The molecule has 0 N–H and O–H groups in total. The Morgan fingerprint density at radius 3 is 1.75 bits per heavy atom. The van der Waals surface area contributed by atoms with Gasteiger partial charge in [-0.1, -0.05) is 61.0 Å². The Kier molecular flexibility index (Phi) is 15.2. The lowest BCUT2D eigenvalue weighted by molar-refractivity contribution is -0.134. The molecule has 0 bridgehead atoms. The second kappa shape index (κ2) is 21.1. The van der Waals surface area contributed by atoms with Crippen molar-refractivity contribution in [3.63, 3.8) is 0 Å². The molecule has 0 aliphatic rings. The Morgan fingerprint density at radius 2 is 1.16 bits per heavy atom. The first-order valence-electron chi connectivity index (χ1n) is 19.8. The molecule has 0 aliphatic heterocycles. The van der Waals surface area contributed by atoms with E-state index >= 15 is 0 Å². The van der Waals surface area contributed by atoms with Crippen molar-refractivity contribution in [2.75, 3.05) is 32.8 Å². The van der Waals surface area contributed by atoms with Gasteiger partial charge in [-0.15, -0.1) is 11.3 Å². The molecule has 0 saturated carbocycles. The standard InChI is InChI=1S/C47H46N4O8PS/c1-34(52)56-42-26-24-36(31-43(42)57-35(2)53)58-46(54)50(3)28-29-51(47(55)59-37-23-25-41-44(32-37)61-45(33-48)49-41)27-15-4-5-16-30-60(38-17-9-6-10-18-38,39-19-11-7-12-20-39)40-21-13-8-14-22-40/h6-14,17-26,31-32H,4-5,15-16,27-30H2,1-3H3/q+1. The first kappa shape index (κ1) is 44.0. The van der Waals surface area contributed by atoms with E-state index in [-0.39, 0.29) is 30.3 Å². The molecule has 0 aliphatic carbocycles. The fourth-order valence-corrected chi connectivity index (χ4v) is 12.1. The van der Waals surface area contributed by atoms with Crippen LogP contribution in [0.15, 0.2) is 127 Å². The number of thiazole rings is 1. The minimum absolute atomic E-state index is 0.00503. The van der Waals surface area contributed by atoms with E-state index in [2.05, 4.69) is 96.0 Å². The molecule has 0 atom stereocenters. The average molecular weight is 858 g/mol. The lowest BCUT2D eigenvalue weighted by atomic mass is 10.2. The van der Waals surface area contributed by atoms with Crippen LogP contribution in [0.25, 0.3) is 10.2 Å². The molecular formula is C47H46N4O8PS+. The van der Waals surface area contributed by atoms with Crippen molar-refractivity contribution < 1.29 is 38.1 Å². The van der Waals surface area contributed by atoms with Crippen LogP contribution in [-0.4, -0.2) is 71.8 Å². The number of nitrogens with zero attached hydrogens (tertiary/aromatic N) is 4. The lowest BCUT2D eigenvalue weighted by Crippen LogP contribution is -2.42. The molecule has 12 nitrogen and oxygen atoms in total. The topological polar surface area (TPSA) is 148 Å². The molecule has 1 heterocycles. The lowest BCUT2D eigenvalue weighted by Gasteiger charge is -2.28. The summed E-state index contributed by atoms with van der Waals surface area (Å²) in [5.41, 5.74) is 0.637. The molecule has 5 aromatic carbocycles. The summed E-state index contributed by atoms with van der Waals surface area (Å²) in [7, 11) is -0.425. The summed E-state index contributed by atoms with van der Waals surface area (Å²) in [5.74, 6) is -0.993. The third-order valence-electron chi connectivity index (χ3n) is 9.83. The SMILES string of the molecule is CC(=O)Oc1ccc(OC(=O)N(C)CCN(CCCCCC[P+](c2ccccc2)(c2ccccc2)c2ccccc2)C(=O)Oc2ccc3nc(C#N)sc3c2)cc1OC(C)=O. The number of fused-ring (bicyclic) bond motifs is 1. The van der Waals surface area contributed by atoms with Crippen LogP contribution in [0, 0.1) is 11.3 Å². The van der Waals surface area contributed by atoms with Gasteiger partial charge in [-0.25, -0.2) is 14.6 Å². The number of carbonyl (C=O) groups is 4.